The Bertz CT molecular complexity index is 709. The van der Waals surface area contributed by atoms with Gasteiger partial charge in [-0.15, -0.1) is 0 Å². The van der Waals surface area contributed by atoms with Gasteiger partial charge in [0.05, 0.1) is 0 Å². The van der Waals surface area contributed by atoms with Crippen LogP contribution in [0, 0.1) is 5.92 Å². The zero-order valence-corrected chi connectivity index (χ0v) is 13.0. The lowest BCUT2D eigenvalue weighted by Gasteiger charge is -2.39. The molecular weight excluding hydrogens is 294 g/mol. The Labute approximate surface area is 134 Å². The zero-order chi connectivity index (χ0) is 16.1. The molecule has 0 aliphatic carbocycles. The molecule has 2 saturated heterocycles. The Hall–Kier alpha value is -2.37. The molecule has 1 N–H and O–H groups in total. The van der Waals surface area contributed by atoms with Crippen LogP contribution < -0.4 is 10.2 Å². The highest BCUT2D eigenvalue weighted by Gasteiger charge is 2.39. The number of rotatable bonds is 2. The van der Waals surface area contributed by atoms with E-state index in [9.17, 15) is 14.4 Å². The van der Waals surface area contributed by atoms with E-state index in [4.69, 9.17) is 0 Å². The first-order chi connectivity index (χ1) is 11.0. The zero-order valence-electron chi connectivity index (χ0n) is 13.0. The third-order valence-corrected chi connectivity index (χ3v) is 4.94. The molecule has 3 heterocycles. The van der Waals surface area contributed by atoms with Crippen LogP contribution in [0.15, 0.2) is 18.2 Å². The Morgan fingerprint density at radius 2 is 1.96 bits per heavy atom. The van der Waals surface area contributed by atoms with Gasteiger partial charge in [0, 0.05) is 37.3 Å². The molecule has 1 aromatic rings. The number of hydrogen-bond donors (Lipinski definition) is 1. The average molecular weight is 313 g/mol. The Morgan fingerprint density at radius 3 is 2.65 bits per heavy atom. The maximum atomic E-state index is 12.6. The Morgan fingerprint density at radius 1 is 1.17 bits per heavy atom. The van der Waals surface area contributed by atoms with Crippen LogP contribution in [-0.2, 0) is 16.1 Å². The smallest absolute Gasteiger partial charge is 0.255 e. The molecule has 3 aliphatic heterocycles. The van der Waals surface area contributed by atoms with Crippen LogP contribution in [0.2, 0.25) is 0 Å². The van der Waals surface area contributed by atoms with Crippen molar-refractivity contribution in [1.29, 1.82) is 0 Å². The highest BCUT2D eigenvalue weighted by molar-refractivity contribution is 6.05. The molecule has 0 bridgehead atoms. The summed E-state index contributed by atoms with van der Waals surface area (Å²) in [6, 6.07) is 5.36. The predicted octanol–water partition coefficient (Wildman–Crippen LogP) is 0.904. The fraction of sp³-hybridized carbons (Fsp3) is 0.471. The molecule has 23 heavy (non-hydrogen) atoms. The minimum absolute atomic E-state index is 0.113. The van der Waals surface area contributed by atoms with Crippen molar-refractivity contribution >= 4 is 23.4 Å². The third kappa shape index (κ3) is 2.29. The highest BCUT2D eigenvalue weighted by atomic mass is 16.2. The van der Waals surface area contributed by atoms with E-state index >= 15 is 0 Å². The maximum Gasteiger partial charge on any atom is 0.255 e. The van der Waals surface area contributed by atoms with E-state index in [2.05, 4.69) is 23.2 Å². The second kappa shape index (κ2) is 5.08. The molecule has 3 amide bonds. The maximum absolute atomic E-state index is 12.6. The first-order valence-electron chi connectivity index (χ1n) is 8.05. The molecule has 2 fully saturated rings. The normalized spacial score (nSPS) is 24.6. The van der Waals surface area contributed by atoms with Crippen molar-refractivity contribution in [2.45, 2.75) is 32.4 Å². The van der Waals surface area contributed by atoms with Crippen molar-refractivity contribution in [2.75, 3.05) is 18.0 Å². The number of hydrogen-bond acceptors (Lipinski definition) is 4. The van der Waals surface area contributed by atoms with Gasteiger partial charge in [-0.1, -0.05) is 6.92 Å². The van der Waals surface area contributed by atoms with Crippen molar-refractivity contribution in [3.05, 3.63) is 29.3 Å². The van der Waals surface area contributed by atoms with Crippen molar-refractivity contribution in [3.63, 3.8) is 0 Å². The Kier molecular flexibility index (Phi) is 3.14. The topological polar surface area (TPSA) is 69.7 Å². The first-order valence-corrected chi connectivity index (χ1v) is 8.05. The lowest BCUT2D eigenvalue weighted by molar-refractivity contribution is -0.136. The third-order valence-electron chi connectivity index (χ3n) is 4.94. The minimum atomic E-state index is -0.542. The lowest BCUT2D eigenvalue weighted by Crippen LogP contribution is -2.52. The van der Waals surface area contributed by atoms with Gasteiger partial charge in [-0.3, -0.25) is 19.7 Å². The van der Waals surface area contributed by atoms with Crippen LogP contribution in [0.1, 0.15) is 35.7 Å². The van der Waals surface area contributed by atoms with Crippen molar-refractivity contribution < 1.29 is 14.4 Å². The molecule has 0 saturated carbocycles. The summed E-state index contributed by atoms with van der Waals surface area (Å²) in [7, 11) is 0. The summed E-state index contributed by atoms with van der Waals surface area (Å²) in [5.41, 5.74) is 2.78. The average Bonchev–Trinajstić information content (AvgIpc) is 2.80. The van der Waals surface area contributed by atoms with E-state index < -0.39 is 6.04 Å². The number of imide groups is 1. The van der Waals surface area contributed by atoms with Gasteiger partial charge in [0.2, 0.25) is 11.8 Å². The van der Waals surface area contributed by atoms with E-state index in [-0.39, 0.29) is 24.1 Å². The summed E-state index contributed by atoms with van der Waals surface area (Å²) in [6.45, 7) is 4.75. The van der Waals surface area contributed by atoms with Crippen LogP contribution in [-0.4, -0.2) is 41.8 Å². The predicted molar refractivity (Wildman–Crippen MR) is 83.9 cm³/mol. The van der Waals surface area contributed by atoms with Gasteiger partial charge in [-0.25, -0.2) is 0 Å². The van der Waals surface area contributed by atoms with Crippen LogP contribution in [0.25, 0.3) is 0 Å². The van der Waals surface area contributed by atoms with Crippen LogP contribution in [0.3, 0.4) is 0 Å². The fourth-order valence-electron chi connectivity index (χ4n) is 3.67. The number of amides is 3. The summed E-state index contributed by atoms with van der Waals surface area (Å²) in [6.07, 6.45) is 0.689. The van der Waals surface area contributed by atoms with Crippen molar-refractivity contribution in [1.82, 2.24) is 10.2 Å². The second-order valence-electron chi connectivity index (χ2n) is 6.75. The molecule has 4 rings (SSSR count). The minimum Gasteiger partial charge on any atom is -0.371 e. The van der Waals surface area contributed by atoms with E-state index in [1.54, 1.807) is 4.90 Å². The number of carbonyl (C=O) groups excluding carboxylic acids is 3. The summed E-state index contributed by atoms with van der Waals surface area (Å²) < 4.78 is 0. The highest BCUT2D eigenvalue weighted by Crippen LogP contribution is 2.32. The van der Waals surface area contributed by atoms with Crippen LogP contribution in [0.4, 0.5) is 5.69 Å². The summed E-state index contributed by atoms with van der Waals surface area (Å²) in [4.78, 5) is 39.8. The molecule has 1 atom stereocenters. The monoisotopic (exact) mass is 313 g/mol. The number of carbonyl (C=O) groups is 3. The number of nitrogens with zero attached hydrogens (tertiary/aromatic N) is 2. The van der Waals surface area contributed by atoms with Gasteiger partial charge >= 0.3 is 0 Å². The molecule has 120 valence electrons. The van der Waals surface area contributed by atoms with Gasteiger partial charge in [0.15, 0.2) is 0 Å². The molecule has 6 heteroatoms. The lowest BCUT2D eigenvalue weighted by atomic mass is 10.0. The molecule has 0 aromatic heterocycles. The quantitative estimate of drug-likeness (QED) is 0.824. The van der Waals surface area contributed by atoms with Gasteiger partial charge in [0.1, 0.15) is 6.04 Å². The molecule has 0 spiro atoms. The largest absolute Gasteiger partial charge is 0.371 e. The number of benzene rings is 1. The van der Waals surface area contributed by atoms with Gasteiger partial charge in [-0.2, -0.15) is 0 Å². The van der Waals surface area contributed by atoms with E-state index in [0.717, 1.165) is 24.3 Å². The molecule has 6 nitrogen and oxygen atoms in total. The van der Waals surface area contributed by atoms with Gasteiger partial charge < -0.3 is 9.80 Å². The molecule has 0 radical (unpaired) electrons. The Balaban J connectivity index is 1.55. The number of fused-ring (bicyclic) bond motifs is 1. The summed E-state index contributed by atoms with van der Waals surface area (Å²) >= 11 is 0. The molecule has 3 aliphatic rings. The van der Waals surface area contributed by atoms with E-state index in [1.165, 1.54) is 0 Å². The van der Waals surface area contributed by atoms with E-state index in [1.807, 2.05) is 12.1 Å². The summed E-state index contributed by atoms with van der Waals surface area (Å²) in [5, 5.41) is 2.33. The van der Waals surface area contributed by atoms with Gasteiger partial charge in [0.25, 0.3) is 5.91 Å². The first kappa shape index (κ1) is 14.2. The number of piperidine rings is 1. The fourth-order valence-corrected chi connectivity index (χ4v) is 3.67. The number of nitrogens with one attached hydrogen (secondary N) is 1. The van der Waals surface area contributed by atoms with Gasteiger partial charge in [-0.05, 0) is 36.1 Å². The SMILES string of the molecule is CC1CN(c2ccc3c(c2)CN(C2CCC(=O)NC2=O)C3=O)C1. The van der Waals surface area contributed by atoms with Crippen LogP contribution in [0.5, 0.6) is 0 Å². The summed E-state index contributed by atoms with van der Waals surface area (Å²) in [5.74, 6) is -0.0216. The van der Waals surface area contributed by atoms with Crippen molar-refractivity contribution in [3.8, 4) is 0 Å². The molecule has 1 unspecified atom stereocenters. The van der Waals surface area contributed by atoms with Crippen molar-refractivity contribution in [2.24, 2.45) is 5.92 Å². The number of anilines is 1. The van der Waals surface area contributed by atoms with Crippen LogP contribution >= 0.6 is 0 Å². The standard InChI is InChI=1S/C17H19N3O3/c1-10-7-19(8-10)12-2-3-13-11(6-12)9-20(17(13)23)14-4-5-15(21)18-16(14)22/h2-3,6,10,14H,4-5,7-9H2,1H3,(H,18,21,22). The molecular formula is C17H19N3O3. The second-order valence-corrected chi connectivity index (χ2v) is 6.75. The molecule has 1 aromatic carbocycles. The van der Waals surface area contributed by atoms with E-state index in [0.29, 0.717) is 24.4 Å².